The van der Waals surface area contributed by atoms with E-state index in [2.05, 4.69) is 4.98 Å². The molecule has 0 aromatic carbocycles. The molecule has 14 heavy (non-hydrogen) atoms. The zero-order valence-electron chi connectivity index (χ0n) is 7.17. The smallest absolute Gasteiger partial charge is 0.358 e. The van der Waals surface area contributed by atoms with Gasteiger partial charge in [0.1, 0.15) is 0 Å². The lowest BCUT2D eigenvalue weighted by Gasteiger charge is -1.97. The van der Waals surface area contributed by atoms with Crippen LogP contribution in [0.2, 0.25) is 0 Å². The van der Waals surface area contributed by atoms with Gasteiger partial charge < -0.3 is 10.1 Å². The van der Waals surface area contributed by atoms with Gasteiger partial charge in [-0.2, -0.15) is 0 Å². The Morgan fingerprint density at radius 2 is 2.14 bits per heavy atom. The summed E-state index contributed by atoms with van der Waals surface area (Å²) in [6, 6.07) is 3.85. The summed E-state index contributed by atoms with van der Waals surface area (Å²) in [5, 5.41) is 10.3. The minimum Gasteiger partial charge on any atom is -0.358 e. The third-order valence-corrected chi connectivity index (χ3v) is 1.79. The fourth-order valence-electron chi connectivity index (χ4n) is 0.772. The highest BCUT2D eigenvalue weighted by Crippen LogP contribution is 2.11. The number of sulfonamides is 1. The molecule has 0 fully saturated rings. The molecule has 1 N–H and O–H groups in total. The summed E-state index contributed by atoms with van der Waals surface area (Å²) in [5.74, 6) is -0.472. The summed E-state index contributed by atoms with van der Waals surface area (Å²) in [4.78, 5) is 13.1. The van der Waals surface area contributed by atoms with Crippen molar-refractivity contribution in [2.24, 2.45) is 0 Å². The summed E-state index contributed by atoms with van der Waals surface area (Å²) in [6.45, 7) is 0. The first-order valence-electron chi connectivity index (χ1n) is 3.48. The van der Waals surface area contributed by atoms with Crippen LogP contribution in [0.1, 0.15) is 0 Å². The average Bonchev–Trinajstić information content (AvgIpc) is 2.01. The second-order valence-corrected chi connectivity index (χ2v) is 4.26. The number of nitrogens with one attached hydrogen (secondary N) is 1. The van der Waals surface area contributed by atoms with E-state index in [4.69, 9.17) is 0 Å². The number of pyridine rings is 1. The first-order chi connectivity index (χ1) is 6.38. The zero-order valence-corrected chi connectivity index (χ0v) is 7.98. The van der Waals surface area contributed by atoms with Gasteiger partial charge in [0, 0.05) is 12.1 Å². The molecule has 0 aliphatic carbocycles. The monoisotopic (exact) mass is 217 g/mol. The van der Waals surface area contributed by atoms with Gasteiger partial charge in [-0.1, -0.05) is 0 Å². The van der Waals surface area contributed by atoms with Gasteiger partial charge in [-0.15, -0.1) is 0 Å². The fraction of sp³-hybridized carbons (Fsp3) is 0.167. The predicted molar refractivity (Wildman–Crippen MR) is 49.4 cm³/mol. The van der Waals surface area contributed by atoms with E-state index in [9.17, 15) is 18.5 Å². The van der Waals surface area contributed by atoms with Crippen LogP contribution in [0, 0.1) is 10.1 Å². The van der Waals surface area contributed by atoms with Crippen molar-refractivity contribution in [1.29, 1.82) is 0 Å². The van der Waals surface area contributed by atoms with Gasteiger partial charge >= 0.3 is 5.82 Å². The molecule has 0 bridgehead atoms. The predicted octanol–water partition coefficient (Wildman–Crippen LogP) is 0.361. The van der Waals surface area contributed by atoms with Crippen molar-refractivity contribution in [3.8, 4) is 0 Å². The van der Waals surface area contributed by atoms with E-state index in [-0.39, 0.29) is 5.82 Å². The average molecular weight is 217 g/mol. The molecule has 1 heterocycles. The van der Waals surface area contributed by atoms with E-state index in [1.54, 1.807) is 0 Å². The first-order valence-corrected chi connectivity index (χ1v) is 5.37. The molecule has 0 saturated carbocycles. The fourth-order valence-corrected chi connectivity index (χ4v) is 1.27. The van der Waals surface area contributed by atoms with Gasteiger partial charge in [0.2, 0.25) is 10.0 Å². The van der Waals surface area contributed by atoms with Crippen molar-refractivity contribution >= 4 is 21.7 Å². The highest BCUT2D eigenvalue weighted by atomic mass is 32.2. The quantitative estimate of drug-likeness (QED) is 0.581. The Labute approximate surface area is 80.0 Å². The van der Waals surface area contributed by atoms with Gasteiger partial charge in [0.15, 0.2) is 0 Å². The van der Waals surface area contributed by atoms with Crippen molar-refractivity contribution in [3.63, 3.8) is 0 Å². The van der Waals surface area contributed by atoms with Crippen LogP contribution in [0.3, 0.4) is 0 Å². The van der Waals surface area contributed by atoms with Crippen molar-refractivity contribution in [1.82, 2.24) is 4.98 Å². The maximum Gasteiger partial charge on any atom is 0.365 e. The summed E-state index contributed by atoms with van der Waals surface area (Å²) >= 11 is 0. The van der Waals surface area contributed by atoms with Crippen LogP contribution in [-0.2, 0) is 10.0 Å². The van der Waals surface area contributed by atoms with E-state index < -0.39 is 20.8 Å². The summed E-state index contributed by atoms with van der Waals surface area (Å²) < 4.78 is 23.6. The summed E-state index contributed by atoms with van der Waals surface area (Å²) in [7, 11) is -3.45. The normalized spacial score (nSPS) is 10.9. The molecule has 0 aliphatic heterocycles. The first kappa shape index (κ1) is 10.4. The maximum absolute atomic E-state index is 10.8. The number of rotatable bonds is 3. The van der Waals surface area contributed by atoms with E-state index in [1.807, 2.05) is 4.72 Å². The van der Waals surface area contributed by atoms with Crippen molar-refractivity contribution < 1.29 is 13.3 Å². The minimum absolute atomic E-state index is 0.0679. The van der Waals surface area contributed by atoms with Crippen LogP contribution >= 0.6 is 0 Å². The van der Waals surface area contributed by atoms with Crippen molar-refractivity contribution in [3.05, 3.63) is 28.3 Å². The van der Waals surface area contributed by atoms with Crippen molar-refractivity contribution in [2.45, 2.75) is 0 Å². The zero-order chi connectivity index (χ0) is 10.8. The molecule has 76 valence electrons. The Hall–Kier alpha value is -1.70. The van der Waals surface area contributed by atoms with Crippen LogP contribution in [0.5, 0.6) is 0 Å². The second kappa shape index (κ2) is 3.58. The third kappa shape index (κ3) is 2.98. The van der Waals surface area contributed by atoms with Gasteiger partial charge in [0.25, 0.3) is 5.82 Å². The Morgan fingerprint density at radius 1 is 1.50 bits per heavy atom. The minimum atomic E-state index is -3.45. The lowest BCUT2D eigenvalue weighted by molar-refractivity contribution is -0.389. The van der Waals surface area contributed by atoms with Crippen LogP contribution in [0.25, 0.3) is 0 Å². The molecule has 0 unspecified atom stereocenters. The van der Waals surface area contributed by atoms with Crippen LogP contribution < -0.4 is 4.72 Å². The topological polar surface area (TPSA) is 102 Å². The van der Waals surface area contributed by atoms with Crippen molar-refractivity contribution in [2.75, 3.05) is 11.0 Å². The van der Waals surface area contributed by atoms with Gasteiger partial charge in [-0.25, -0.2) is 13.1 Å². The van der Waals surface area contributed by atoms with Gasteiger partial charge in [-0.3, -0.25) is 0 Å². The number of anilines is 1. The molecule has 8 heteroatoms. The highest BCUT2D eigenvalue weighted by molar-refractivity contribution is 7.92. The van der Waals surface area contributed by atoms with Crippen LogP contribution in [0.15, 0.2) is 18.2 Å². The third-order valence-electron chi connectivity index (χ3n) is 1.21. The number of hydrogen-bond acceptors (Lipinski definition) is 5. The summed E-state index contributed by atoms with van der Waals surface area (Å²) in [6.07, 6.45) is 0.938. The molecule has 1 rings (SSSR count). The molecular weight excluding hydrogens is 210 g/mol. The van der Waals surface area contributed by atoms with E-state index in [0.717, 1.165) is 6.26 Å². The molecule has 7 nitrogen and oxygen atoms in total. The molecule has 0 amide bonds. The van der Waals surface area contributed by atoms with Gasteiger partial charge in [0.05, 0.1) is 6.26 Å². The molecule has 1 aromatic heterocycles. The number of nitrogens with zero attached hydrogens (tertiary/aromatic N) is 2. The Bertz CT molecular complexity index is 456. The molecule has 0 radical (unpaired) electrons. The number of hydrogen-bond donors (Lipinski definition) is 1. The molecular formula is C6H7N3O4S. The second-order valence-electron chi connectivity index (χ2n) is 2.51. The van der Waals surface area contributed by atoms with E-state index in [0.29, 0.717) is 0 Å². The number of aromatic nitrogens is 1. The Kier molecular flexibility index (Phi) is 2.65. The summed E-state index contributed by atoms with van der Waals surface area (Å²) in [5.41, 5.74) is 0. The van der Waals surface area contributed by atoms with Crippen LogP contribution in [-0.4, -0.2) is 24.6 Å². The largest absolute Gasteiger partial charge is 0.365 e. The standard InChI is InChI=1S/C6H7N3O4S/c1-14(12,13)8-5-3-2-4-6(7-5)9(10)11/h2-4H,1H3,(H,7,8). The number of nitro groups is 1. The SMILES string of the molecule is CS(=O)(=O)Nc1cccc([N+](=O)[O-])n1. The maximum atomic E-state index is 10.8. The molecule has 0 aliphatic rings. The van der Waals surface area contributed by atoms with E-state index >= 15 is 0 Å². The lowest BCUT2D eigenvalue weighted by Crippen LogP contribution is -2.11. The molecule has 0 atom stereocenters. The van der Waals surface area contributed by atoms with Crippen LogP contribution in [0.4, 0.5) is 11.6 Å². The Morgan fingerprint density at radius 3 is 2.64 bits per heavy atom. The van der Waals surface area contributed by atoms with Gasteiger partial charge in [-0.05, 0) is 16.0 Å². The van der Waals surface area contributed by atoms with E-state index in [1.165, 1.54) is 18.2 Å². The lowest BCUT2D eigenvalue weighted by atomic mass is 10.4. The molecule has 0 saturated heterocycles. The Balaban J connectivity index is 3.01. The molecule has 1 aromatic rings. The highest BCUT2D eigenvalue weighted by Gasteiger charge is 2.11. The molecule has 0 spiro atoms.